The maximum Gasteiger partial charge on any atom is 0.413 e. The Labute approximate surface area is 301 Å². The quantitative estimate of drug-likeness (QED) is 0.155. The molecule has 2 aromatic carbocycles. The molecule has 2 saturated heterocycles. The molecule has 0 spiro atoms. The van der Waals surface area contributed by atoms with Crippen molar-refractivity contribution in [1.29, 1.82) is 0 Å². The van der Waals surface area contributed by atoms with E-state index in [1.807, 2.05) is 0 Å². The molecule has 4 atom stereocenters. The first kappa shape index (κ1) is 37.6. The normalized spacial score (nSPS) is 21.0. The fourth-order valence-corrected chi connectivity index (χ4v) is 6.79. The van der Waals surface area contributed by atoms with Crippen molar-refractivity contribution in [2.24, 2.45) is 0 Å². The number of anilines is 1. The van der Waals surface area contributed by atoms with E-state index in [4.69, 9.17) is 27.9 Å². The van der Waals surface area contributed by atoms with Crippen LogP contribution in [0.2, 0.25) is 0 Å². The van der Waals surface area contributed by atoms with Gasteiger partial charge in [-0.15, -0.1) is 0 Å². The minimum atomic E-state index is -4.70. The van der Waals surface area contributed by atoms with Crippen molar-refractivity contribution in [3.63, 3.8) is 0 Å². The van der Waals surface area contributed by atoms with Crippen LogP contribution in [0.15, 0.2) is 46.5 Å². The summed E-state index contributed by atoms with van der Waals surface area (Å²) in [6, 6.07) is 5.99. The number of aromatic nitrogens is 4. The zero-order chi connectivity index (χ0) is 38.5. The number of benzene rings is 1. The lowest BCUT2D eigenvalue weighted by Gasteiger charge is -2.24. The Kier molecular flexibility index (Phi) is 9.94. The van der Waals surface area contributed by atoms with E-state index in [0.29, 0.717) is 0 Å². The molecule has 0 bridgehead atoms. The van der Waals surface area contributed by atoms with Crippen LogP contribution in [0, 0.1) is 0 Å². The number of rotatable bonds is 12. The fraction of sp³-hybridized carbons (Fsp3) is 0.455. The van der Waals surface area contributed by atoms with E-state index in [9.17, 15) is 32.4 Å². The van der Waals surface area contributed by atoms with Gasteiger partial charge in [-0.05, 0) is 34.6 Å². The number of hydrogen-bond donors (Lipinski definition) is 2. The number of imidazole rings is 1. The lowest BCUT2D eigenvalue weighted by atomic mass is 9.92. The minimum absolute atomic E-state index is 0.0463. The number of ether oxygens (including phenoxy) is 5. The summed E-state index contributed by atoms with van der Waals surface area (Å²) in [5.41, 5.74) is -1.73. The summed E-state index contributed by atoms with van der Waals surface area (Å²) in [7, 11) is -3.48. The number of nitrogens with zero attached hydrogens (tertiary/aromatic N) is 4. The Balaban J connectivity index is 1.10. The predicted molar refractivity (Wildman–Crippen MR) is 183 cm³/mol. The van der Waals surface area contributed by atoms with Crippen LogP contribution in [0.25, 0.3) is 22.3 Å². The molecule has 0 aliphatic carbocycles. The van der Waals surface area contributed by atoms with E-state index < -0.39 is 94.3 Å². The Morgan fingerprint density at radius 3 is 2.43 bits per heavy atom. The van der Waals surface area contributed by atoms with E-state index in [1.165, 1.54) is 42.5 Å². The molecule has 4 heterocycles. The number of nitrogens with one attached hydrogen (secondary N) is 2. The van der Waals surface area contributed by atoms with E-state index in [-0.39, 0.29) is 39.4 Å². The largest absolute Gasteiger partial charge is 0.492 e. The average Bonchev–Trinajstić information content (AvgIpc) is 3.74. The van der Waals surface area contributed by atoms with Crippen LogP contribution in [0.1, 0.15) is 64.0 Å². The molecule has 282 valence electrons. The van der Waals surface area contributed by atoms with Gasteiger partial charge >= 0.3 is 16.4 Å². The first-order valence-electron chi connectivity index (χ1n) is 16.3. The topological polar surface area (TPSA) is 243 Å². The number of carbonyl (C=O) groups excluding carboxylic acids is 3. The van der Waals surface area contributed by atoms with Gasteiger partial charge < -0.3 is 23.7 Å². The molecular formula is C33H36N6O13S. The highest BCUT2D eigenvalue weighted by atomic mass is 32.2. The third-order valence-electron chi connectivity index (χ3n) is 8.15. The van der Waals surface area contributed by atoms with Crippen LogP contribution in [-0.2, 0) is 38.2 Å². The standard InChI is InChI=1S/C33H36N6O13S/c1-32(2,3)52-31(44)37-28-22-29(35-14-34-28)39(15-36-22)30-27-25(50-33(4,5)51-27)19(49-30)13-48-53(45,46)38-20(41)12-11-18(40)16-9-7-8-10-17(16)21-23(42)24(43)26(21)47-6/h7-10,14-15,19,25,27,30H,11-13H2,1-6H3,(H,38,41)(H,34,35,37,44)/t19-,25-,27-,30-/m1/s1. The summed E-state index contributed by atoms with van der Waals surface area (Å²) in [4.78, 5) is 74.9. The second-order valence-electron chi connectivity index (χ2n) is 13.6. The molecule has 4 aromatic rings. The smallest absolute Gasteiger partial charge is 0.413 e. The summed E-state index contributed by atoms with van der Waals surface area (Å²) < 4.78 is 62.7. The van der Waals surface area contributed by atoms with Gasteiger partial charge in [-0.25, -0.2) is 24.5 Å². The van der Waals surface area contributed by atoms with Crippen molar-refractivity contribution < 1.29 is 50.7 Å². The summed E-state index contributed by atoms with van der Waals surface area (Å²) >= 11 is 0. The summed E-state index contributed by atoms with van der Waals surface area (Å²) in [5, 5.41) is 2.55. The molecule has 6 rings (SSSR count). The molecule has 0 saturated carbocycles. The van der Waals surface area contributed by atoms with E-state index in [1.54, 1.807) is 45.4 Å². The van der Waals surface area contributed by atoms with E-state index >= 15 is 0 Å². The van der Waals surface area contributed by atoms with Crippen molar-refractivity contribution in [2.45, 2.75) is 83.4 Å². The number of Topliss-reactive ketones (excluding diaryl/α,β-unsaturated/α-hetero) is 1. The molecule has 2 fully saturated rings. The molecule has 19 nitrogen and oxygen atoms in total. The van der Waals surface area contributed by atoms with Gasteiger partial charge in [0.25, 0.3) is 5.43 Å². The van der Waals surface area contributed by atoms with Gasteiger partial charge in [0.1, 0.15) is 30.2 Å². The molecule has 2 aliphatic heterocycles. The Hall–Kier alpha value is -5.15. The monoisotopic (exact) mass is 756 g/mol. The second kappa shape index (κ2) is 14.0. The number of fused-ring (bicyclic) bond motifs is 2. The minimum Gasteiger partial charge on any atom is -0.492 e. The molecule has 0 unspecified atom stereocenters. The number of hydrogen-bond acceptors (Lipinski definition) is 16. The molecule has 0 radical (unpaired) electrons. The molecule has 20 heteroatoms. The zero-order valence-electron chi connectivity index (χ0n) is 29.4. The van der Waals surface area contributed by atoms with Crippen molar-refractivity contribution >= 4 is 45.1 Å². The molecule has 2 N–H and O–H groups in total. The summed E-state index contributed by atoms with van der Waals surface area (Å²) in [6.07, 6.45) is -2.70. The summed E-state index contributed by atoms with van der Waals surface area (Å²) in [6.45, 7) is 7.88. The highest BCUT2D eigenvalue weighted by Gasteiger charge is 2.56. The number of ketones is 1. The van der Waals surface area contributed by atoms with Crippen LogP contribution in [0.5, 0.6) is 5.75 Å². The Bertz CT molecular complexity index is 2270. The number of amides is 2. The van der Waals surface area contributed by atoms with Crippen molar-refractivity contribution in [3.05, 3.63) is 62.9 Å². The van der Waals surface area contributed by atoms with Gasteiger partial charge in [0.15, 0.2) is 40.5 Å². The van der Waals surface area contributed by atoms with Crippen LogP contribution >= 0.6 is 0 Å². The fourth-order valence-electron chi connectivity index (χ4n) is 6.04. The maximum atomic E-state index is 13.0. The van der Waals surface area contributed by atoms with Gasteiger partial charge in [-0.2, -0.15) is 8.42 Å². The summed E-state index contributed by atoms with van der Waals surface area (Å²) in [5.74, 6) is -2.80. The predicted octanol–water partition coefficient (Wildman–Crippen LogP) is 1.90. The first-order chi connectivity index (χ1) is 24.9. The van der Waals surface area contributed by atoms with E-state index in [2.05, 4.69) is 20.3 Å². The highest BCUT2D eigenvalue weighted by molar-refractivity contribution is 7.85. The first-order valence-corrected chi connectivity index (χ1v) is 17.7. The number of carbonyl (C=O) groups is 3. The maximum absolute atomic E-state index is 13.0. The highest BCUT2D eigenvalue weighted by Crippen LogP contribution is 2.44. The van der Waals surface area contributed by atoms with Gasteiger partial charge in [-0.1, -0.05) is 24.3 Å². The molecule has 53 heavy (non-hydrogen) atoms. The van der Waals surface area contributed by atoms with Crippen molar-refractivity contribution in [1.82, 2.24) is 24.2 Å². The zero-order valence-corrected chi connectivity index (χ0v) is 30.2. The Morgan fingerprint density at radius 1 is 1.00 bits per heavy atom. The molecule has 2 aromatic heterocycles. The number of methoxy groups -OCH3 is 1. The van der Waals surface area contributed by atoms with Gasteiger partial charge in [0, 0.05) is 24.0 Å². The third-order valence-corrected chi connectivity index (χ3v) is 9.07. The van der Waals surface area contributed by atoms with Crippen molar-refractivity contribution in [3.8, 4) is 16.9 Å². The van der Waals surface area contributed by atoms with Gasteiger partial charge in [0.2, 0.25) is 11.3 Å². The third kappa shape index (κ3) is 7.81. The van der Waals surface area contributed by atoms with Crippen LogP contribution in [0.3, 0.4) is 0 Å². The average molecular weight is 757 g/mol. The van der Waals surface area contributed by atoms with Crippen LogP contribution in [-0.4, -0.2) is 89.1 Å². The van der Waals surface area contributed by atoms with Crippen LogP contribution in [0.4, 0.5) is 10.6 Å². The molecule has 2 aliphatic rings. The van der Waals surface area contributed by atoms with Crippen LogP contribution < -0.4 is 25.6 Å². The molecule has 2 amide bonds. The lowest BCUT2D eigenvalue weighted by Crippen LogP contribution is -2.37. The van der Waals surface area contributed by atoms with Gasteiger partial charge in [0.05, 0.1) is 25.6 Å². The second-order valence-corrected chi connectivity index (χ2v) is 15.0. The lowest BCUT2D eigenvalue weighted by molar-refractivity contribution is -0.198. The van der Waals surface area contributed by atoms with Gasteiger partial charge in [-0.3, -0.25) is 33.2 Å². The SMILES string of the molecule is COc1c(-c2ccccc2C(=O)CCC(=O)NS(=O)(=O)OC[C@H]2O[C@@H](n3cnc4c(NC(=O)OC(C)(C)C)ncnc43)[C@@H]3OC(C)(C)O[C@@H]32)c(=O)c1=O. The molecular weight excluding hydrogens is 720 g/mol. The van der Waals surface area contributed by atoms with Crippen molar-refractivity contribution in [2.75, 3.05) is 19.0 Å². The Morgan fingerprint density at radius 2 is 1.72 bits per heavy atom. The van der Waals surface area contributed by atoms with E-state index in [0.717, 1.165) is 0 Å².